The number of benzene rings is 1. The van der Waals surface area contributed by atoms with Crippen molar-refractivity contribution in [2.75, 3.05) is 0 Å². The Labute approximate surface area is 110 Å². The summed E-state index contributed by atoms with van der Waals surface area (Å²) in [6.07, 6.45) is 1.46. The third-order valence-corrected chi connectivity index (χ3v) is 3.00. The van der Waals surface area contributed by atoms with Gasteiger partial charge in [0.05, 0.1) is 0 Å². The maximum Gasteiger partial charge on any atom is 0.168 e. The highest BCUT2D eigenvalue weighted by molar-refractivity contribution is 5.73. The van der Waals surface area contributed by atoms with E-state index in [-0.39, 0.29) is 0 Å². The Morgan fingerprint density at radius 1 is 1.21 bits per heavy atom. The number of rotatable bonds is 3. The maximum absolute atomic E-state index is 10.9. The lowest BCUT2D eigenvalue weighted by Gasteiger charge is -1.98. The number of nitrogens with zero attached hydrogens (tertiary/aromatic N) is 3. The molecule has 2 aromatic heterocycles. The standard InChI is InChI=1S/C15H13N3O/c1-11-4-2-5-12(8-11)9-14-16-15-7-3-6-13(10-19)18(15)17-14/h2-8,10H,9H2,1H3. The number of carbonyl (C=O) groups excluding carboxylic acids is 1. The Morgan fingerprint density at radius 3 is 2.84 bits per heavy atom. The molecular formula is C15H13N3O. The molecule has 0 radical (unpaired) electrons. The Morgan fingerprint density at radius 2 is 2.05 bits per heavy atom. The minimum Gasteiger partial charge on any atom is -0.296 e. The summed E-state index contributed by atoms with van der Waals surface area (Å²) in [5.41, 5.74) is 3.60. The van der Waals surface area contributed by atoms with Crippen LogP contribution in [0.4, 0.5) is 0 Å². The van der Waals surface area contributed by atoms with Gasteiger partial charge in [-0.1, -0.05) is 35.9 Å². The summed E-state index contributed by atoms with van der Waals surface area (Å²) in [4.78, 5) is 15.4. The average molecular weight is 251 g/mol. The largest absolute Gasteiger partial charge is 0.296 e. The van der Waals surface area contributed by atoms with Crippen LogP contribution in [0.2, 0.25) is 0 Å². The van der Waals surface area contributed by atoms with Gasteiger partial charge in [0.1, 0.15) is 5.69 Å². The molecule has 0 amide bonds. The van der Waals surface area contributed by atoms with Crippen molar-refractivity contribution in [1.82, 2.24) is 14.6 Å². The molecule has 94 valence electrons. The third-order valence-electron chi connectivity index (χ3n) is 3.00. The van der Waals surface area contributed by atoms with E-state index < -0.39 is 0 Å². The SMILES string of the molecule is Cc1cccc(Cc2nc3cccc(C=O)n3n2)c1. The van der Waals surface area contributed by atoms with Crippen molar-refractivity contribution in [2.24, 2.45) is 0 Å². The van der Waals surface area contributed by atoms with Crippen LogP contribution in [0.1, 0.15) is 27.4 Å². The first-order valence-electron chi connectivity index (χ1n) is 6.11. The van der Waals surface area contributed by atoms with Gasteiger partial charge in [0.2, 0.25) is 0 Å². The predicted molar refractivity (Wildman–Crippen MR) is 72.4 cm³/mol. The molecule has 0 atom stereocenters. The monoisotopic (exact) mass is 251 g/mol. The van der Waals surface area contributed by atoms with E-state index in [0.29, 0.717) is 17.8 Å². The van der Waals surface area contributed by atoms with E-state index in [0.717, 1.165) is 12.1 Å². The van der Waals surface area contributed by atoms with Gasteiger partial charge in [-0.15, -0.1) is 0 Å². The molecule has 1 aromatic carbocycles. The van der Waals surface area contributed by atoms with E-state index in [2.05, 4.69) is 35.2 Å². The summed E-state index contributed by atoms with van der Waals surface area (Å²) in [5, 5.41) is 4.38. The van der Waals surface area contributed by atoms with Crippen molar-refractivity contribution in [1.29, 1.82) is 0 Å². The maximum atomic E-state index is 10.9. The molecule has 4 heteroatoms. The van der Waals surface area contributed by atoms with E-state index in [1.807, 2.05) is 18.2 Å². The molecule has 0 N–H and O–H groups in total. The third kappa shape index (κ3) is 2.25. The van der Waals surface area contributed by atoms with E-state index in [4.69, 9.17) is 0 Å². The van der Waals surface area contributed by atoms with Crippen molar-refractivity contribution in [2.45, 2.75) is 13.3 Å². The number of aryl methyl sites for hydroxylation is 1. The van der Waals surface area contributed by atoms with Gasteiger partial charge in [-0.05, 0) is 24.6 Å². The number of hydrogen-bond donors (Lipinski definition) is 0. The highest BCUT2D eigenvalue weighted by Crippen LogP contribution is 2.10. The van der Waals surface area contributed by atoms with Gasteiger partial charge in [-0.25, -0.2) is 9.50 Å². The lowest BCUT2D eigenvalue weighted by atomic mass is 10.1. The van der Waals surface area contributed by atoms with E-state index in [9.17, 15) is 4.79 Å². The second-order valence-corrected chi connectivity index (χ2v) is 4.53. The average Bonchev–Trinajstić information content (AvgIpc) is 2.80. The van der Waals surface area contributed by atoms with Crippen LogP contribution in [0.5, 0.6) is 0 Å². The number of aldehydes is 1. The highest BCUT2D eigenvalue weighted by Gasteiger charge is 2.07. The molecule has 19 heavy (non-hydrogen) atoms. The summed E-state index contributed by atoms with van der Waals surface area (Å²) in [5.74, 6) is 0.722. The lowest BCUT2D eigenvalue weighted by molar-refractivity contribution is 0.111. The van der Waals surface area contributed by atoms with Gasteiger partial charge in [0.25, 0.3) is 0 Å². The van der Waals surface area contributed by atoms with Crippen molar-refractivity contribution < 1.29 is 4.79 Å². The Balaban J connectivity index is 2.00. The molecule has 0 spiro atoms. The van der Waals surface area contributed by atoms with Crippen molar-refractivity contribution >= 4 is 11.9 Å². The molecule has 2 heterocycles. The number of carbonyl (C=O) groups is 1. The minimum absolute atomic E-state index is 0.514. The summed E-state index contributed by atoms with van der Waals surface area (Å²) in [6.45, 7) is 2.06. The molecular weight excluding hydrogens is 238 g/mol. The molecule has 0 saturated carbocycles. The fourth-order valence-corrected chi connectivity index (χ4v) is 2.14. The Hall–Kier alpha value is -2.49. The lowest BCUT2D eigenvalue weighted by Crippen LogP contribution is -1.97. The number of hydrogen-bond acceptors (Lipinski definition) is 3. The quantitative estimate of drug-likeness (QED) is 0.672. The smallest absolute Gasteiger partial charge is 0.168 e. The van der Waals surface area contributed by atoms with Crippen LogP contribution in [0.3, 0.4) is 0 Å². The molecule has 0 fully saturated rings. The van der Waals surface area contributed by atoms with E-state index in [1.54, 1.807) is 10.6 Å². The topological polar surface area (TPSA) is 47.3 Å². The molecule has 0 aliphatic carbocycles. The summed E-state index contributed by atoms with van der Waals surface area (Å²) in [6, 6.07) is 13.6. The van der Waals surface area contributed by atoms with Crippen LogP contribution in [-0.2, 0) is 6.42 Å². The summed E-state index contributed by atoms with van der Waals surface area (Å²) < 4.78 is 1.58. The fourth-order valence-electron chi connectivity index (χ4n) is 2.14. The number of aromatic nitrogens is 3. The molecule has 0 aliphatic rings. The second-order valence-electron chi connectivity index (χ2n) is 4.53. The molecule has 4 nitrogen and oxygen atoms in total. The van der Waals surface area contributed by atoms with Gasteiger partial charge < -0.3 is 0 Å². The first-order valence-corrected chi connectivity index (χ1v) is 6.11. The zero-order chi connectivity index (χ0) is 13.2. The zero-order valence-corrected chi connectivity index (χ0v) is 10.6. The molecule has 0 aliphatic heterocycles. The van der Waals surface area contributed by atoms with Gasteiger partial charge in [0.15, 0.2) is 17.8 Å². The molecule has 0 saturated heterocycles. The van der Waals surface area contributed by atoms with Gasteiger partial charge in [-0.2, -0.15) is 5.10 Å². The first kappa shape index (κ1) is 11.6. The van der Waals surface area contributed by atoms with E-state index >= 15 is 0 Å². The summed E-state index contributed by atoms with van der Waals surface area (Å²) >= 11 is 0. The molecule has 0 bridgehead atoms. The van der Waals surface area contributed by atoms with Crippen molar-refractivity contribution in [3.8, 4) is 0 Å². The molecule has 3 aromatic rings. The van der Waals surface area contributed by atoms with Crippen LogP contribution >= 0.6 is 0 Å². The number of fused-ring (bicyclic) bond motifs is 1. The molecule has 0 unspecified atom stereocenters. The zero-order valence-electron chi connectivity index (χ0n) is 10.6. The first-order chi connectivity index (χ1) is 9.26. The van der Waals surface area contributed by atoms with Crippen LogP contribution in [0.15, 0.2) is 42.5 Å². The fraction of sp³-hybridized carbons (Fsp3) is 0.133. The van der Waals surface area contributed by atoms with Crippen LogP contribution < -0.4 is 0 Å². The van der Waals surface area contributed by atoms with Gasteiger partial charge in [0, 0.05) is 6.42 Å². The summed E-state index contributed by atoms with van der Waals surface area (Å²) in [7, 11) is 0. The van der Waals surface area contributed by atoms with Gasteiger partial charge >= 0.3 is 0 Å². The van der Waals surface area contributed by atoms with Gasteiger partial charge in [-0.3, -0.25) is 4.79 Å². The highest BCUT2D eigenvalue weighted by atomic mass is 16.1. The van der Waals surface area contributed by atoms with Crippen molar-refractivity contribution in [3.63, 3.8) is 0 Å². The van der Waals surface area contributed by atoms with Crippen LogP contribution in [0, 0.1) is 6.92 Å². The van der Waals surface area contributed by atoms with Crippen molar-refractivity contribution in [3.05, 3.63) is 65.1 Å². The van der Waals surface area contributed by atoms with Crippen LogP contribution in [-0.4, -0.2) is 20.9 Å². The minimum atomic E-state index is 0.514. The molecule has 3 rings (SSSR count). The second kappa shape index (κ2) is 4.65. The predicted octanol–water partition coefficient (Wildman–Crippen LogP) is 2.44. The number of pyridine rings is 1. The van der Waals surface area contributed by atoms with Crippen LogP contribution in [0.25, 0.3) is 5.65 Å². The van der Waals surface area contributed by atoms with E-state index in [1.165, 1.54) is 11.1 Å². The Kier molecular flexibility index (Phi) is 2.83. The Bertz CT molecular complexity index is 746. The normalized spacial score (nSPS) is 10.8.